The Labute approximate surface area is 335 Å². The van der Waals surface area contributed by atoms with E-state index in [0.29, 0.717) is 42.2 Å². The van der Waals surface area contributed by atoms with Crippen LogP contribution < -0.4 is 15.0 Å². The zero-order chi connectivity index (χ0) is 39.6. The molecule has 8 rings (SSSR count). The maximum atomic E-state index is 15.3. The Morgan fingerprint density at radius 2 is 1.73 bits per heavy atom. The van der Waals surface area contributed by atoms with E-state index in [0.717, 1.165) is 71.8 Å². The molecular weight excluding hydrogens is 745 g/mol. The molecule has 56 heavy (non-hydrogen) atoms. The molecule has 0 saturated heterocycles. The average molecular weight is 789 g/mol. The Morgan fingerprint density at radius 3 is 2.43 bits per heavy atom. The lowest BCUT2D eigenvalue weighted by atomic mass is 9.98. The van der Waals surface area contributed by atoms with Crippen LogP contribution in [-0.2, 0) is 20.5 Å². The largest absolute Gasteiger partial charge is 0.494 e. The molecule has 1 aliphatic heterocycles. The summed E-state index contributed by atoms with van der Waals surface area (Å²) in [7, 11) is 3.88. The predicted molar refractivity (Wildman–Crippen MR) is 225 cm³/mol. The molecule has 0 radical (unpaired) electrons. The lowest BCUT2D eigenvalue weighted by Crippen LogP contribution is -2.47. The van der Waals surface area contributed by atoms with Gasteiger partial charge in [-0.2, -0.15) is 5.10 Å². The molecule has 12 heteroatoms. The number of carbonyl (C=O) groups is 2. The molecule has 2 atom stereocenters. The van der Waals surface area contributed by atoms with Gasteiger partial charge < -0.3 is 19.2 Å². The van der Waals surface area contributed by atoms with Gasteiger partial charge >= 0.3 is 0 Å². The summed E-state index contributed by atoms with van der Waals surface area (Å²) >= 11 is 13.9. The quantitative estimate of drug-likeness (QED) is 0.0893. The van der Waals surface area contributed by atoms with Crippen LogP contribution >= 0.6 is 23.2 Å². The minimum atomic E-state index is -0.751. The van der Waals surface area contributed by atoms with E-state index in [-0.39, 0.29) is 17.9 Å². The number of nitrogens with zero attached hydrogens (tertiary/aromatic N) is 6. The minimum absolute atomic E-state index is 0.208. The van der Waals surface area contributed by atoms with Gasteiger partial charge in [0.2, 0.25) is 0 Å². The summed E-state index contributed by atoms with van der Waals surface area (Å²) in [6.07, 6.45) is 4.80. The molecular formula is C44H43Cl2N7O3. The molecule has 2 amide bonds. The first kappa shape index (κ1) is 37.3. The van der Waals surface area contributed by atoms with Crippen molar-refractivity contribution in [3.63, 3.8) is 0 Å². The van der Waals surface area contributed by atoms with Gasteiger partial charge in [0.1, 0.15) is 22.8 Å². The number of ether oxygens (including phenoxy) is 1. The highest BCUT2D eigenvalue weighted by Crippen LogP contribution is 2.46. The molecule has 0 spiro atoms. The monoisotopic (exact) mass is 787 g/mol. The first-order valence-corrected chi connectivity index (χ1v) is 19.5. The summed E-state index contributed by atoms with van der Waals surface area (Å²) in [5.74, 6) is 0.707. The molecule has 0 bridgehead atoms. The van der Waals surface area contributed by atoms with Gasteiger partial charge in [-0.1, -0.05) is 47.5 Å². The zero-order valence-corrected chi connectivity index (χ0v) is 34.0. The third-order valence-electron chi connectivity index (χ3n) is 11.0. The van der Waals surface area contributed by atoms with Crippen molar-refractivity contribution >= 4 is 68.3 Å². The molecule has 0 aliphatic carbocycles. The summed E-state index contributed by atoms with van der Waals surface area (Å²) < 4.78 is 12.2. The van der Waals surface area contributed by atoms with Crippen LogP contribution in [0.4, 0.5) is 11.5 Å². The Kier molecular flexibility index (Phi) is 9.66. The van der Waals surface area contributed by atoms with E-state index in [1.54, 1.807) is 29.3 Å². The number of aryl methyl sites for hydroxylation is 6. The van der Waals surface area contributed by atoms with E-state index >= 15 is 4.79 Å². The Hall–Kier alpha value is -5.58. The third-order valence-corrected chi connectivity index (χ3v) is 12.2. The summed E-state index contributed by atoms with van der Waals surface area (Å²) in [4.78, 5) is 34.6. The molecule has 4 aromatic heterocycles. The van der Waals surface area contributed by atoms with E-state index in [2.05, 4.69) is 46.9 Å². The number of halogens is 2. The molecule has 286 valence electrons. The van der Waals surface area contributed by atoms with E-state index in [4.69, 9.17) is 33.0 Å². The van der Waals surface area contributed by atoms with Crippen molar-refractivity contribution in [2.75, 3.05) is 16.8 Å². The first-order valence-electron chi connectivity index (χ1n) is 18.7. The van der Waals surface area contributed by atoms with Crippen LogP contribution in [-0.4, -0.2) is 47.8 Å². The predicted octanol–water partition coefficient (Wildman–Crippen LogP) is 9.87. The molecule has 10 nitrogen and oxygen atoms in total. The number of nitrogens with one attached hydrogen (secondary N) is 1. The fourth-order valence-corrected chi connectivity index (χ4v) is 8.67. The number of hydrogen-bond donors (Lipinski definition) is 1. The highest BCUT2D eigenvalue weighted by molar-refractivity contribution is 6.32. The van der Waals surface area contributed by atoms with Crippen molar-refractivity contribution in [2.45, 2.75) is 59.0 Å². The Morgan fingerprint density at radius 1 is 0.964 bits per heavy atom. The molecule has 3 aromatic carbocycles. The summed E-state index contributed by atoms with van der Waals surface area (Å²) in [6, 6.07) is 20.7. The fraction of sp³-hybridized carbons (Fsp3) is 0.273. The average Bonchev–Trinajstić information content (AvgIpc) is 3.78. The van der Waals surface area contributed by atoms with Gasteiger partial charge in [0.15, 0.2) is 0 Å². The Bertz CT molecular complexity index is 2670. The topological polar surface area (TPSA) is 99.2 Å². The maximum Gasteiger partial charge on any atom is 0.276 e. The van der Waals surface area contributed by atoms with E-state index in [9.17, 15) is 4.79 Å². The number of benzene rings is 3. The summed E-state index contributed by atoms with van der Waals surface area (Å²) in [5, 5.41) is 10.1. The van der Waals surface area contributed by atoms with Gasteiger partial charge in [-0.15, -0.1) is 0 Å². The number of amides is 2. The van der Waals surface area contributed by atoms with Gasteiger partial charge in [0, 0.05) is 70.2 Å². The zero-order valence-electron chi connectivity index (χ0n) is 32.4. The number of anilines is 2. The smallest absolute Gasteiger partial charge is 0.276 e. The van der Waals surface area contributed by atoms with E-state index < -0.39 is 5.50 Å². The van der Waals surface area contributed by atoms with Gasteiger partial charge in [-0.05, 0) is 107 Å². The standard InChI is InChI=1S/C44H43Cl2N7O3/c1-24-20-30(21-25(2)39(24)45)56-19-11-14-32-31-12-10-13-33(38-26(3)49-51(7)27(38)4)40(31)52-28(5)42(46)53(44(55)41(32)52)36-23-50(6)35-17-16-29(22-34(35)36)43(54)48-37-15-8-9-18-47-37/h8-10,12-13,15-18,20-23,28,42H,11,14,19H2,1-7H3,(H,47,48,54)/t28-,42?/m1/s1. The second-order valence-electron chi connectivity index (χ2n) is 14.7. The number of hydrogen-bond acceptors (Lipinski definition) is 5. The first-order chi connectivity index (χ1) is 26.8. The second-order valence-corrected chi connectivity index (χ2v) is 15.5. The van der Waals surface area contributed by atoms with Crippen molar-refractivity contribution in [2.24, 2.45) is 14.1 Å². The lowest BCUT2D eigenvalue weighted by molar-refractivity contribution is 0.0950. The van der Waals surface area contributed by atoms with Crippen LogP contribution in [0.25, 0.3) is 32.9 Å². The molecule has 5 heterocycles. The maximum absolute atomic E-state index is 15.3. The number of carbonyl (C=O) groups excluding carboxylic acids is 2. The van der Waals surface area contributed by atoms with Crippen LogP contribution in [0.5, 0.6) is 5.75 Å². The van der Waals surface area contributed by atoms with Gasteiger partial charge in [0.05, 0.1) is 29.5 Å². The lowest BCUT2D eigenvalue weighted by Gasteiger charge is -2.38. The van der Waals surface area contributed by atoms with Crippen molar-refractivity contribution in [1.29, 1.82) is 0 Å². The number of aromatic nitrogens is 5. The second kappa shape index (κ2) is 14.5. The number of alkyl halides is 1. The van der Waals surface area contributed by atoms with Crippen molar-refractivity contribution < 1.29 is 14.3 Å². The number of para-hydroxylation sites is 1. The van der Waals surface area contributed by atoms with Crippen LogP contribution in [0.15, 0.2) is 79.1 Å². The molecule has 0 fully saturated rings. The van der Waals surface area contributed by atoms with Crippen LogP contribution in [0.3, 0.4) is 0 Å². The van der Waals surface area contributed by atoms with E-state index in [1.807, 2.05) is 80.6 Å². The third kappa shape index (κ3) is 6.21. The van der Waals surface area contributed by atoms with Crippen LogP contribution in [0.2, 0.25) is 5.02 Å². The Balaban J connectivity index is 1.23. The van der Waals surface area contributed by atoms with Gasteiger partial charge in [-0.3, -0.25) is 19.2 Å². The molecule has 0 saturated carbocycles. The van der Waals surface area contributed by atoms with Crippen molar-refractivity contribution in [3.8, 4) is 16.9 Å². The number of fused-ring (bicyclic) bond motifs is 4. The summed E-state index contributed by atoms with van der Waals surface area (Å²) in [5.41, 5.74) is 9.59. The SMILES string of the molecule is Cc1cc(OCCCc2c3n(c4c(-c5c(C)nn(C)c5C)cccc24)[C@H](C)C(Cl)N(c2cn(C)c4ccc(C(=O)Nc5ccccn5)cc24)C3=O)cc(C)c1Cl. The minimum Gasteiger partial charge on any atom is -0.494 e. The van der Waals surface area contributed by atoms with Crippen LogP contribution in [0, 0.1) is 27.7 Å². The van der Waals surface area contributed by atoms with Crippen molar-refractivity contribution in [1.82, 2.24) is 23.9 Å². The highest BCUT2D eigenvalue weighted by Gasteiger charge is 2.42. The highest BCUT2D eigenvalue weighted by atomic mass is 35.5. The van der Waals surface area contributed by atoms with Gasteiger partial charge in [-0.25, -0.2) is 4.98 Å². The molecule has 7 aromatic rings. The molecule has 1 N–H and O–H groups in total. The summed E-state index contributed by atoms with van der Waals surface area (Å²) in [6.45, 7) is 10.5. The fourth-order valence-electron chi connectivity index (χ4n) is 8.25. The van der Waals surface area contributed by atoms with Gasteiger partial charge in [0.25, 0.3) is 11.8 Å². The number of rotatable bonds is 9. The van der Waals surface area contributed by atoms with E-state index in [1.165, 1.54) is 0 Å². The number of pyridine rings is 1. The van der Waals surface area contributed by atoms with Crippen LogP contribution in [0.1, 0.15) is 68.3 Å². The normalized spacial score (nSPS) is 15.5. The van der Waals surface area contributed by atoms with Crippen molar-refractivity contribution in [3.05, 3.63) is 123 Å². The molecule has 1 aliphatic rings. The molecule has 1 unspecified atom stereocenters.